The number of aliphatic hydroxyl groups is 1. The summed E-state index contributed by atoms with van der Waals surface area (Å²) in [5, 5.41) is 9.93. The molecule has 1 atom stereocenters. The van der Waals surface area contributed by atoms with E-state index in [1.807, 2.05) is 43.5 Å². The third-order valence-corrected chi connectivity index (χ3v) is 4.29. The highest BCUT2D eigenvalue weighted by Gasteiger charge is 2.17. The summed E-state index contributed by atoms with van der Waals surface area (Å²) in [6.45, 7) is 5.03. The molecule has 27 heavy (non-hydrogen) atoms. The molecular weight excluding hydrogens is 342 g/mol. The quantitative estimate of drug-likeness (QED) is 0.483. The van der Waals surface area contributed by atoms with E-state index in [0.717, 1.165) is 42.7 Å². The van der Waals surface area contributed by atoms with Crippen molar-refractivity contribution in [3.8, 4) is 5.75 Å². The molecule has 0 aliphatic carbocycles. The molecule has 0 bridgehead atoms. The zero-order valence-electron chi connectivity index (χ0n) is 16.2. The van der Waals surface area contributed by atoms with Gasteiger partial charge in [0.2, 0.25) is 0 Å². The molecule has 0 radical (unpaired) electrons. The second-order valence-corrected chi connectivity index (χ2v) is 6.49. The van der Waals surface area contributed by atoms with E-state index in [2.05, 4.69) is 18.0 Å². The predicted octanol–water partition coefficient (Wildman–Crippen LogP) is 3.51. The maximum atomic E-state index is 11.7. The van der Waals surface area contributed by atoms with E-state index in [0.29, 0.717) is 13.2 Å². The molecule has 0 saturated heterocycles. The van der Waals surface area contributed by atoms with Crippen LogP contribution < -0.4 is 4.74 Å². The van der Waals surface area contributed by atoms with Crippen molar-refractivity contribution in [2.24, 2.45) is 0 Å². The second kappa shape index (κ2) is 11.3. The van der Waals surface area contributed by atoms with Crippen molar-refractivity contribution in [3.05, 3.63) is 59.4 Å². The Morgan fingerprint density at radius 1 is 1.07 bits per heavy atom. The van der Waals surface area contributed by atoms with Gasteiger partial charge in [-0.15, -0.1) is 0 Å². The fourth-order valence-electron chi connectivity index (χ4n) is 2.53. The number of ether oxygens (including phenoxy) is 2. The average Bonchev–Trinajstić information content (AvgIpc) is 2.70. The molecule has 1 aromatic carbocycles. The number of benzene rings is 1. The summed E-state index contributed by atoms with van der Waals surface area (Å²) in [5.41, 5.74) is 3.10. The van der Waals surface area contributed by atoms with E-state index >= 15 is 0 Å². The Bertz CT molecular complexity index is 682. The molecular formula is C22H29NO4. The van der Waals surface area contributed by atoms with Gasteiger partial charge in [0.05, 0.1) is 13.2 Å². The SMILES string of the molecule is CCCCOC(=O)C(O)Cc1ccc(OCCc2ccc(CC)cn2)cc1. The van der Waals surface area contributed by atoms with Gasteiger partial charge >= 0.3 is 5.97 Å². The van der Waals surface area contributed by atoms with Gasteiger partial charge in [0.15, 0.2) is 6.10 Å². The minimum atomic E-state index is -1.13. The van der Waals surface area contributed by atoms with Gasteiger partial charge in [-0.1, -0.05) is 38.5 Å². The average molecular weight is 371 g/mol. The fraction of sp³-hybridized carbons (Fsp3) is 0.455. The van der Waals surface area contributed by atoms with Crippen molar-refractivity contribution in [2.75, 3.05) is 13.2 Å². The van der Waals surface area contributed by atoms with Gasteiger partial charge in [-0.2, -0.15) is 0 Å². The van der Waals surface area contributed by atoms with Crippen LogP contribution in [0.25, 0.3) is 0 Å². The molecule has 146 valence electrons. The minimum Gasteiger partial charge on any atom is -0.493 e. The lowest BCUT2D eigenvalue weighted by atomic mass is 10.1. The number of unbranched alkanes of at least 4 members (excludes halogenated alkanes) is 1. The number of hydrogen-bond donors (Lipinski definition) is 1. The first-order valence-electron chi connectivity index (χ1n) is 9.62. The van der Waals surface area contributed by atoms with Crippen molar-refractivity contribution in [1.82, 2.24) is 4.98 Å². The van der Waals surface area contributed by atoms with E-state index in [1.165, 1.54) is 5.56 Å². The molecule has 1 unspecified atom stereocenters. The van der Waals surface area contributed by atoms with Crippen molar-refractivity contribution >= 4 is 5.97 Å². The molecule has 0 spiro atoms. The maximum absolute atomic E-state index is 11.7. The minimum absolute atomic E-state index is 0.235. The van der Waals surface area contributed by atoms with E-state index in [9.17, 15) is 9.90 Å². The highest BCUT2D eigenvalue weighted by molar-refractivity contribution is 5.74. The zero-order chi connectivity index (χ0) is 19.5. The molecule has 0 aliphatic rings. The van der Waals surface area contributed by atoms with Crippen LogP contribution in [0.3, 0.4) is 0 Å². The van der Waals surface area contributed by atoms with E-state index in [1.54, 1.807) is 0 Å². The number of hydrogen-bond acceptors (Lipinski definition) is 5. The first kappa shape index (κ1) is 20.9. The summed E-state index contributed by atoms with van der Waals surface area (Å²) in [6.07, 6.45) is 4.50. The maximum Gasteiger partial charge on any atom is 0.335 e. The number of aryl methyl sites for hydroxylation is 1. The van der Waals surface area contributed by atoms with E-state index < -0.39 is 12.1 Å². The van der Waals surface area contributed by atoms with Gasteiger partial charge in [0.25, 0.3) is 0 Å². The predicted molar refractivity (Wildman–Crippen MR) is 105 cm³/mol. The lowest BCUT2D eigenvalue weighted by Crippen LogP contribution is -2.25. The molecule has 5 nitrogen and oxygen atoms in total. The van der Waals surface area contributed by atoms with Crippen LogP contribution in [0.5, 0.6) is 5.75 Å². The Labute approximate surface area is 161 Å². The van der Waals surface area contributed by atoms with Gasteiger partial charge in [0.1, 0.15) is 5.75 Å². The van der Waals surface area contributed by atoms with Crippen LogP contribution in [0.15, 0.2) is 42.6 Å². The van der Waals surface area contributed by atoms with Gasteiger partial charge in [0, 0.05) is 24.7 Å². The van der Waals surface area contributed by atoms with Crippen LogP contribution in [0.4, 0.5) is 0 Å². The number of esters is 1. The van der Waals surface area contributed by atoms with Gasteiger partial charge in [-0.3, -0.25) is 4.98 Å². The highest BCUT2D eigenvalue weighted by Crippen LogP contribution is 2.14. The van der Waals surface area contributed by atoms with Crippen molar-refractivity contribution in [1.29, 1.82) is 0 Å². The lowest BCUT2D eigenvalue weighted by Gasteiger charge is -2.11. The van der Waals surface area contributed by atoms with Crippen molar-refractivity contribution < 1.29 is 19.4 Å². The van der Waals surface area contributed by atoms with Crippen LogP contribution in [0, 0.1) is 0 Å². The second-order valence-electron chi connectivity index (χ2n) is 6.49. The molecule has 2 aromatic rings. The highest BCUT2D eigenvalue weighted by atomic mass is 16.5. The molecule has 5 heteroatoms. The summed E-state index contributed by atoms with van der Waals surface area (Å²) in [7, 11) is 0. The lowest BCUT2D eigenvalue weighted by molar-refractivity contribution is -0.153. The van der Waals surface area contributed by atoms with Crippen molar-refractivity contribution in [2.45, 2.75) is 52.1 Å². The summed E-state index contributed by atoms with van der Waals surface area (Å²) in [4.78, 5) is 16.1. The molecule has 1 heterocycles. The third kappa shape index (κ3) is 7.39. The Kier molecular flexibility index (Phi) is 8.78. The van der Waals surface area contributed by atoms with Gasteiger partial charge in [-0.05, 0) is 42.2 Å². The Morgan fingerprint density at radius 2 is 1.81 bits per heavy atom. The number of nitrogens with zero attached hydrogens (tertiary/aromatic N) is 1. The Hall–Kier alpha value is -2.40. The molecule has 0 aliphatic heterocycles. The number of carbonyl (C=O) groups is 1. The molecule has 0 fully saturated rings. The Morgan fingerprint density at radius 3 is 2.44 bits per heavy atom. The number of pyridine rings is 1. The third-order valence-electron chi connectivity index (χ3n) is 4.29. The van der Waals surface area contributed by atoms with Crippen LogP contribution in [0.1, 0.15) is 43.5 Å². The topological polar surface area (TPSA) is 68.7 Å². The van der Waals surface area contributed by atoms with Crippen LogP contribution in [0.2, 0.25) is 0 Å². The molecule has 2 rings (SSSR count). The van der Waals surface area contributed by atoms with Crippen LogP contribution in [-0.2, 0) is 28.8 Å². The van der Waals surface area contributed by atoms with Gasteiger partial charge in [-0.25, -0.2) is 4.79 Å². The first-order chi connectivity index (χ1) is 13.1. The Balaban J connectivity index is 1.74. The summed E-state index contributed by atoms with van der Waals surface area (Å²) in [5.74, 6) is 0.189. The number of aromatic nitrogens is 1. The molecule has 1 N–H and O–H groups in total. The summed E-state index contributed by atoms with van der Waals surface area (Å²) in [6, 6.07) is 11.5. The largest absolute Gasteiger partial charge is 0.493 e. The summed E-state index contributed by atoms with van der Waals surface area (Å²) >= 11 is 0. The first-order valence-corrected chi connectivity index (χ1v) is 9.62. The monoisotopic (exact) mass is 371 g/mol. The number of aliphatic hydroxyl groups excluding tert-OH is 1. The standard InChI is InChI=1S/C22H29NO4/c1-3-5-13-27-22(25)21(24)15-18-7-10-20(11-8-18)26-14-12-19-9-6-17(4-2)16-23-19/h6-11,16,21,24H,3-5,12-15H2,1-2H3. The van der Waals surface area contributed by atoms with Crippen molar-refractivity contribution in [3.63, 3.8) is 0 Å². The zero-order valence-corrected chi connectivity index (χ0v) is 16.2. The summed E-state index contributed by atoms with van der Waals surface area (Å²) < 4.78 is 10.8. The number of carbonyl (C=O) groups excluding carboxylic acids is 1. The molecule has 0 amide bonds. The molecule has 0 saturated carbocycles. The smallest absolute Gasteiger partial charge is 0.335 e. The molecule has 1 aromatic heterocycles. The van der Waals surface area contributed by atoms with Crippen LogP contribution in [-0.4, -0.2) is 35.4 Å². The number of rotatable bonds is 11. The van der Waals surface area contributed by atoms with E-state index in [-0.39, 0.29) is 6.42 Å². The van der Waals surface area contributed by atoms with Crippen LogP contribution >= 0.6 is 0 Å². The fourth-order valence-corrected chi connectivity index (χ4v) is 2.53. The normalized spacial score (nSPS) is 11.8. The van der Waals surface area contributed by atoms with E-state index in [4.69, 9.17) is 9.47 Å². The van der Waals surface area contributed by atoms with Gasteiger partial charge < -0.3 is 14.6 Å².